The van der Waals surface area contributed by atoms with Crippen LogP contribution in [0.25, 0.3) is 6.08 Å². The van der Waals surface area contributed by atoms with Gasteiger partial charge in [0.25, 0.3) is 0 Å². The van der Waals surface area contributed by atoms with Gasteiger partial charge in [-0.25, -0.2) is 0 Å². The van der Waals surface area contributed by atoms with Gasteiger partial charge in [0.15, 0.2) is 5.76 Å². The van der Waals surface area contributed by atoms with Gasteiger partial charge >= 0.3 is 0 Å². The van der Waals surface area contributed by atoms with Crippen LogP contribution in [0.3, 0.4) is 0 Å². The van der Waals surface area contributed by atoms with Gasteiger partial charge in [-0.15, -0.1) is 0 Å². The van der Waals surface area contributed by atoms with Crippen LogP contribution in [-0.4, -0.2) is 19.5 Å². The van der Waals surface area contributed by atoms with Crippen LogP contribution in [0.5, 0.6) is 17.2 Å². The summed E-state index contributed by atoms with van der Waals surface area (Å²) in [7, 11) is 1.59. The lowest BCUT2D eigenvalue weighted by atomic mass is 10.1. The number of para-hydroxylation sites is 1. The number of carbonyl (C=O) groups excluding carboxylic acids is 1. The second-order valence-electron chi connectivity index (χ2n) is 5.59. The molecule has 0 bridgehead atoms. The Morgan fingerprint density at radius 3 is 2.79 bits per heavy atom. The summed E-state index contributed by atoms with van der Waals surface area (Å²) in [5.41, 5.74) is 2.23. The zero-order valence-corrected chi connectivity index (χ0v) is 13.7. The Hall–Kier alpha value is -3.01. The summed E-state index contributed by atoms with van der Waals surface area (Å²) in [4.78, 5) is 12.5. The molecule has 0 fully saturated rings. The summed E-state index contributed by atoms with van der Waals surface area (Å²) < 4.78 is 16.6. The van der Waals surface area contributed by atoms with Crippen LogP contribution in [0.15, 0.2) is 60.4 Å². The molecule has 24 heavy (non-hydrogen) atoms. The molecular weight excluding hydrogens is 304 g/mol. The minimum absolute atomic E-state index is 0.151. The smallest absolute Gasteiger partial charge is 0.231 e. The van der Waals surface area contributed by atoms with Gasteiger partial charge in [0.1, 0.15) is 23.9 Å². The van der Waals surface area contributed by atoms with Crippen molar-refractivity contribution in [3.8, 4) is 17.2 Å². The number of ketones is 1. The van der Waals surface area contributed by atoms with E-state index in [4.69, 9.17) is 14.2 Å². The number of allylic oxidation sites excluding steroid dienone is 1. The molecule has 3 rings (SSSR count). The van der Waals surface area contributed by atoms with Gasteiger partial charge in [-0.2, -0.15) is 0 Å². The van der Waals surface area contributed by atoms with Crippen molar-refractivity contribution in [2.45, 2.75) is 6.92 Å². The van der Waals surface area contributed by atoms with Crippen molar-refractivity contribution >= 4 is 11.9 Å². The van der Waals surface area contributed by atoms with Gasteiger partial charge in [-0.1, -0.05) is 24.8 Å². The van der Waals surface area contributed by atoms with Crippen LogP contribution < -0.4 is 14.2 Å². The molecule has 0 aromatic heterocycles. The molecule has 0 radical (unpaired) electrons. The van der Waals surface area contributed by atoms with Crippen molar-refractivity contribution in [2.75, 3.05) is 13.7 Å². The Morgan fingerprint density at radius 2 is 2.04 bits per heavy atom. The summed E-state index contributed by atoms with van der Waals surface area (Å²) in [6, 6.07) is 12.7. The van der Waals surface area contributed by atoms with Gasteiger partial charge in [0, 0.05) is 11.6 Å². The third kappa shape index (κ3) is 3.18. The molecule has 4 heteroatoms. The molecule has 0 amide bonds. The third-order valence-electron chi connectivity index (χ3n) is 3.55. The molecule has 4 nitrogen and oxygen atoms in total. The fourth-order valence-corrected chi connectivity index (χ4v) is 2.39. The highest BCUT2D eigenvalue weighted by atomic mass is 16.5. The van der Waals surface area contributed by atoms with Crippen molar-refractivity contribution in [1.82, 2.24) is 0 Å². The third-order valence-corrected chi connectivity index (χ3v) is 3.55. The minimum Gasteiger partial charge on any atom is -0.496 e. The van der Waals surface area contributed by atoms with Crippen molar-refractivity contribution in [1.29, 1.82) is 0 Å². The second-order valence-corrected chi connectivity index (χ2v) is 5.59. The fraction of sp³-hybridized carbons (Fsp3) is 0.150. The number of carbonyl (C=O) groups is 1. The van der Waals surface area contributed by atoms with E-state index in [1.807, 2.05) is 31.2 Å². The number of methoxy groups -OCH3 is 1. The van der Waals surface area contributed by atoms with E-state index in [1.165, 1.54) is 0 Å². The summed E-state index contributed by atoms with van der Waals surface area (Å²) in [6.07, 6.45) is 1.69. The number of Topliss-reactive ketones (excluding diaryl/α,β-unsaturated/α-hetero) is 1. The van der Waals surface area contributed by atoms with Crippen LogP contribution in [-0.2, 0) is 0 Å². The Labute approximate surface area is 141 Å². The molecule has 1 aliphatic heterocycles. The van der Waals surface area contributed by atoms with E-state index in [0.717, 1.165) is 11.1 Å². The maximum absolute atomic E-state index is 12.5. The summed E-state index contributed by atoms with van der Waals surface area (Å²) >= 11 is 0. The number of hydrogen-bond donors (Lipinski definition) is 0. The molecule has 0 aliphatic carbocycles. The van der Waals surface area contributed by atoms with E-state index in [0.29, 0.717) is 29.4 Å². The first-order chi connectivity index (χ1) is 11.6. The van der Waals surface area contributed by atoms with Crippen LogP contribution in [0, 0.1) is 0 Å². The highest BCUT2D eigenvalue weighted by Gasteiger charge is 2.28. The zero-order valence-electron chi connectivity index (χ0n) is 13.7. The highest BCUT2D eigenvalue weighted by Crippen LogP contribution is 2.35. The van der Waals surface area contributed by atoms with Crippen LogP contribution in [0.2, 0.25) is 0 Å². The molecule has 122 valence electrons. The van der Waals surface area contributed by atoms with E-state index in [2.05, 4.69) is 6.58 Å². The van der Waals surface area contributed by atoms with Crippen LogP contribution in [0.4, 0.5) is 0 Å². The van der Waals surface area contributed by atoms with Gasteiger partial charge in [-0.3, -0.25) is 4.79 Å². The largest absolute Gasteiger partial charge is 0.496 e. The first-order valence-electron chi connectivity index (χ1n) is 7.57. The molecule has 0 spiro atoms. The van der Waals surface area contributed by atoms with E-state index in [-0.39, 0.29) is 11.5 Å². The average molecular weight is 322 g/mol. The molecule has 0 saturated heterocycles. The lowest BCUT2D eigenvalue weighted by Gasteiger charge is -2.06. The SMILES string of the molecule is C=C(C)COc1ccc2c(c1)O/C(=C\c1ccccc1OC)C2=O. The molecule has 2 aromatic carbocycles. The molecular formula is C20H18O4. The summed E-state index contributed by atoms with van der Waals surface area (Å²) in [6.45, 7) is 6.12. The van der Waals surface area contributed by atoms with Gasteiger partial charge in [0.2, 0.25) is 5.78 Å². The average Bonchev–Trinajstić information content (AvgIpc) is 2.89. The van der Waals surface area contributed by atoms with E-state index < -0.39 is 0 Å². The van der Waals surface area contributed by atoms with Gasteiger partial charge in [-0.05, 0) is 36.8 Å². The maximum atomic E-state index is 12.5. The Bertz CT molecular complexity index is 833. The summed E-state index contributed by atoms with van der Waals surface area (Å²) in [5, 5.41) is 0. The maximum Gasteiger partial charge on any atom is 0.231 e. The van der Waals surface area contributed by atoms with Crippen molar-refractivity contribution in [3.63, 3.8) is 0 Å². The molecule has 0 unspecified atom stereocenters. The minimum atomic E-state index is -0.151. The molecule has 0 saturated carbocycles. The quantitative estimate of drug-likeness (QED) is 0.609. The number of benzene rings is 2. The number of hydrogen-bond acceptors (Lipinski definition) is 4. The highest BCUT2D eigenvalue weighted by molar-refractivity contribution is 6.14. The van der Waals surface area contributed by atoms with E-state index in [1.54, 1.807) is 31.4 Å². The Morgan fingerprint density at radius 1 is 1.25 bits per heavy atom. The fourth-order valence-electron chi connectivity index (χ4n) is 2.39. The zero-order chi connectivity index (χ0) is 17.1. The molecule has 2 aromatic rings. The number of rotatable bonds is 5. The predicted molar refractivity (Wildman–Crippen MR) is 92.7 cm³/mol. The summed E-state index contributed by atoms with van der Waals surface area (Å²) in [5.74, 6) is 1.94. The molecule has 1 heterocycles. The Kier molecular flexibility index (Phi) is 4.38. The van der Waals surface area contributed by atoms with E-state index >= 15 is 0 Å². The van der Waals surface area contributed by atoms with Gasteiger partial charge in [0.05, 0.1) is 12.7 Å². The van der Waals surface area contributed by atoms with Crippen LogP contribution in [0.1, 0.15) is 22.8 Å². The number of fused-ring (bicyclic) bond motifs is 1. The van der Waals surface area contributed by atoms with Gasteiger partial charge < -0.3 is 14.2 Å². The van der Waals surface area contributed by atoms with Crippen molar-refractivity contribution in [2.24, 2.45) is 0 Å². The number of ether oxygens (including phenoxy) is 3. The topological polar surface area (TPSA) is 44.8 Å². The first kappa shape index (κ1) is 15.9. The molecule has 0 atom stereocenters. The lowest BCUT2D eigenvalue weighted by Crippen LogP contribution is -1.98. The Balaban J connectivity index is 1.87. The monoisotopic (exact) mass is 322 g/mol. The predicted octanol–water partition coefficient (Wildman–Crippen LogP) is 4.27. The van der Waals surface area contributed by atoms with Crippen molar-refractivity contribution < 1.29 is 19.0 Å². The second kappa shape index (κ2) is 6.62. The first-order valence-corrected chi connectivity index (χ1v) is 7.57. The normalized spacial score (nSPS) is 14.2. The lowest BCUT2D eigenvalue weighted by molar-refractivity contribution is 0.101. The van der Waals surface area contributed by atoms with Crippen LogP contribution >= 0.6 is 0 Å². The standard InChI is InChI=1S/C20H18O4/c1-13(2)12-23-15-8-9-16-18(11-15)24-19(20(16)21)10-14-6-4-5-7-17(14)22-3/h4-11H,1,12H2,2-3H3/b19-10-. The van der Waals surface area contributed by atoms with Crippen molar-refractivity contribution in [3.05, 3.63) is 71.5 Å². The molecule has 1 aliphatic rings. The molecule has 0 N–H and O–H groups in total. The van der Waals surface area contributed by atoms with E-state index in [9.17, 15) is 4.79 Å².